The maximum Gasteiger partial charge on any atom is 0.117 e. The quantitative estimate of drug-likeness (QED) is 0.762. The van der Waals surface area contributed by atoms with Crippen molar-refractivity contribution in [2.24, 2.45) is 0 Å². The van der Waals surface area contributed by atoms with Crippen LogP contribution in [0.5, 0.6) is 5.75 Å². The fourth-order valence-electron chi connectivity index (χ4n) is 0.983. The third-order valence-electron chi connectivity index (χ3n) is 1.63. The fourth-order valence-corrected chi connectivity index (χ4v) is 1.28. The number of aromatic hydroxyl groups is 1. The zero-order valence-electron chi connectivity index (χ0n) is 6.74. The number of halogens is 1. The normalized spacial score (nSPS) is 12.1. The first-order chi connectivity index (χ1) is 6.15. The van der Waals surface area contributed by atoms with E-state index in [1.54, 1.807) is 0 Å². The molecule has 68 valence electrons. The summed E-state index contributed by atoms with van der Waals surface area (Å²) >= 11 is 5.73. The van der Waals surface area contributed by atoms with Gasteiger partial charge in [-0.3, -0.25) is 0 Å². The minimum absolute atomic E-state index is 0.00943. The molecule has 1 aromatic carbocycles. The third kappa shape index (κ3) is 2.35. The summed E-state index contributed by atoms with van der Waals surface area (Å²) in [5.74, 6) is 0.0397. The van der Waals surface area contributed by atoms with Gasteiger partial charge in [-0.2, -0.15) is 5.26 Å². The van der Waals surface area contributed by atoms with Gasteiger partial charge in [0.25, 0.3) is 0 Å². The first-order valence-electron chi connectivity index (χ1n) is 3.68. The Morgan fingerprint density at radius 1 is 1.54 bits per heavy atom. The van der Waals surface area contributed by atoms with Gasteiger partial charge in [0.2, 0.25) is 0 Å². The molecule has 0 saturated carbocycles. The molecule has 0 saturated heterocycles. The van der Waals surface area contributed by atoms with E-state index >= 15 is 0 Å². The van der Waals surface area contributed by atoms with Gasteiger partial charge >= 0.3 is 0 Å². The molecule has 1 atom stereocenters. The van der Waals surface area contributed by atoms with Gasteiger partial charge in [0, 0.05) is 5.56 Å². The number of phenolic OH excluding ortho intramolecular Hbond substituents is 1. The van der Waals surface area contributed by atoms with E-state index in [-0.39, 0.29) is 17.2 Å². The first kappa shape index (κ1) is 9.85. The number of nitriles is 1. The molecule has 1 aromatic rings. The molecular formula is C9H8ClNO2. The van der Waals surface area contributed by atoms with E-state index in [9.17, 15) is 5.11 Å². The summed E-state index contributed by atoms with van der Waals surface area (Å²) in [4.78, 5) is 0. The van der Waals surface area contributed by atoms with Crippen LogP contribution in [0, 0.1) is 11.3 Å². The minimum atomic E-state index is -0.891. The Bertz CT molecular complexity index is 346. The fraction of sp³-hybridized carbons (Fsp3) is 0.222. The number of aliphatic hydroxyl groups is 1. The van der Waals surface area contributed by atoms with Gasteiger partial charge in [-0.05, 0) is 12.1 Å². The summed E-state index contributed by atoms with van der Waals surface area (Å²) in [6.45, 7) is 0. The maximum absolute atomic E-state index is 9.40. The van der Waals surface area contributed by atoms with E-state index in [0.29, 0.717) is 5.56 Å². The number of rotatable bonds is 2. The summed E-state index contributed by atoms with van der Waals surface area (Å²) in [6, 6.07) is 6.09. The van der Waals surface area contributed by atoms with Crippen molar-refractivity contribution < 1.29 is 10.2 Å². The zero-order chi connectivity index (χ0) is 9.84. The van der Waals surface area contributed by atoms with Crippen LogP contribution >= 0.6 is 11.6 Å². The molecular weight excluding hydrogens is 190 g/mol. The van der Waals surface area contributed by atoms with Crippen LogP contribution in [-0.4, -0.2) is 10.2 Å². The van der Waals surface area contributed by atoms with Crippen LogP contribution < -0.4 is 0 Å². The van der Waals surface area contributed by atoms with Gasteiger partial charge in [-0.1, -0.05) is 17.7 Å². The van der Waals surface area contributed by atoms with Crippen molar-refractivity contribution in [2.45, 2.75) is 12.5 Å². The van der Waals surface area contributed by atoms with Crippen molar-refractivity contribution >= 4 is 11.6 Å². The van der Waals surface area contributed by atoms with Crippen LogP contribution in [0.2, 0.25) is 5.02 Å². The molecule has 0 fully saturated rings. The monoisotopic (exact) mass is 197 g/mol. The lowest BCUT2D eigenvalue weighted by molar-refractivity contribution is 0.183. The van der Waals surface area contributed by atoms with E-state index in [2.05, 4.69) is 0 Å². The Morgan fingerprint density at radius 3 is 2.77 bits per heavy atom. The van der Waals surface area contributed by atoms with E-state index in [1.165, 1.54) is 18.2 Å². The van der Waals surface area contributed by atoms with Crippen LogP contribution in [0.1, 0.15) is 18.1 Å². The lowest BCUT2D eigenvalue weighted by Crippen LogP contribution is -1.96. The van der Waals surface area contributed by atoms with Gasteiger partial charge in [-0.25, -0.2) is 0 Å². The Balaban J connectivity index is 2.96. The van der Waals surface area contributed by atoms with Crippen molar-refractivity contribution in [1.82, 2.24) is 0 Å². The largest absolute Gasteiger partial charge is 0.508 e. The van der Waals surface area contributed by atoms with Gasteiger partial charge in [0.1, 0.15) is 5.75 Å². The Kier molecular flexibility index (Phi) is 3.13. The number of hydrogen-bond donors (Lipinski definition) is 2. The van der Waals surface area contributed by atoms with Crippen molar-refractivity contribution in [3.63, 3.8) is 0 Å². The summed E-state index contributed by atoms with van der Waals surface area (Å²) < 4.78 is 0. The number of benzene rings is 1. The number of hydrogen-bond acceptors (Lipinski definition) is 3. The van der Waals surface area contributed by atoms with Gasteiger partial charge in [0.05, 0.1) is 23.6 Å². The molecule has 0 aliphatic heterocycles. The van der Waals surface area contributed by atoms with Crippen LogP contribution in [0.3, 0.4) is 0 Å². The van der Waals surface area contributed by atoms with Crippen molar-refractivity contribution in [3.05, 3.63) is 28.8 Å². The highest BCUT2D eigenvalue weighted by molar-refractivity contribution is 6.31. The zero-order valence-corrected chi connectivity index (χ0v) is 7.49. The predicted octanol–water partition coefficient (Wildman–Crippen LogP) is 1.99. The summed E-state index contributed by atoms with van der Waals surface area (Å²) in [5.41, 5.74) is 0.459. The lowest BCUT2D eigenvalue weighted by atomic mass is 10.1. The second-order valence-electron chi connectivity index (χ2n) is 2.58. The summed E-state index contributed by atoms with van der Waals surface area (Å²) in [7, 11) is 0. The molecule has 1 unspecified atom stereocenters. The molecule has 4 heteroatoms. The van der Waals surface area contributed by atoms with E-state index < -0.39 is 6.10 Å². The van der Waals surface area contributed by atoms with Crippen molar-refractivity contribution in [2.75, 3.05) is 0 Å². The molecule has 0 aromatic heterocycles. The molecule has 2 N–H and O–H groups in total. The molecule has 0 spiro atoms. The van der Waals surface area contributed by atoms with Crippen molar-refractivity contribution in [3.8, 4) is 11.8 Å². The molecule has 1 rings (SSSR count). The highest BCUT2D eigenvalue weighted by Gasteiger charge is 2.10. The van der Waals surface area contributed by atoms with Gasteiger partial charge < -0.3 is 10.2 Å². The van der Waals surface area contributed by atoms with Gasteiger partial charge in [-0.15, -0.1) is 0 Å². The number of nitrogens with zero attached hydrogens (tertiary/aromatic N) is 1. The maximum atomic E-state index is 9.40. The molecule has 0 aliphatic carbocycles. The van der Waals surface area contributed by atoms with E-state index in [1.807, 2.05) is 6.07 Å². The Hall–Kier alpha value is -1.24. The second-order valence-corrected chi connectivity index (χ2v) is 2.99. The topological polar surface area (TPSA) is 64.2 Å². The lowest BCUT2D eigenvalue weighted by Gasteiger charge is -2.08. The van der Waals surface area contributed by atoms with Crippen LogP contribution in [0.4, 0.5) is 0 Å². The van der Waals surface area contributed by atoms with Crippen LogP contribution in [0.25, 0.3) is 0 Å². The first-order valence-corrected chi connectivity index (χ1v) is 4.06. The predicted molar refractivity (Wildman–Crippen MR) is 48.3 cm³/mol. The molecule has 0 amide bonds. The SMILES string of the molecule is N#CCC(O)c1ccc(O)cc1Cl. The molecule has 0 heterocycles. The minimum Gasteiger partial charge on any atom is -0.508 e. The smallest absolute Gasteiger partial charge is 0.117 e. The van der Waals surface area contributed by atoms with E-state index in [0.717, 1.165) is 0 Å². The second kappa shape index (κ2) is 4.13. The highest BCUT2D eigenvalue weighted by Crippen LogP contribution is 2.27. The molecule has 3 nitrogen and oxygen atoms in total. The standard InChI is InChI=1S/C9H8ClNO2/c10-8-5-6(12)1-2-7(8)9(13)3-4-11/h1-2,5,9,12-13H,3H2. The third-order valence-corrected chi connectivity index (χ3v) is 1.95. The Morgan fingerprint density at radius 2 is 2.23 bits per heavy atom. The van der Waals surface area contributed by atoms with Crippen molar-refractivity contribution in [1.29, 1.82) is 5.26 Å². The number of aliphatic hydroxyl groups excluding tert-OH is 1. The van der Waals surface area contributed by atoms with E-state index in [4.69, 9.17) is 22.0 Å². The summed E-state index contributed by atoms with van der Waals surface area (Å²) in [5, 5.41) is 27.0. The molecule has 0 aliphatic rings. The molecule has 0 bridgehead atoms. The molecule has 13 heavy (non-hydrogen) atoms. The van der Waals surface area contributed by atoms with Gasteiger partial charge in [0.15, 0.2) is 0 Å². The average Bonchev–Trinajstić information content (AvgIpc) is 2.04. The number of phenols is 1. The van der Waals surface area contributed by atoms with Crippen LogP contribution in [-0.2, 0) is 0 Å². The Labute approximate surface area is 80.8 Å². The molecule has 0 radical (unpaired) electrons. The average molecular weight is 198 g/mol. The highest BCUT2D eigenvalue weighted by atomic mass is 35.5. The summed E-state index contributed by atoms with van der Waals surface area (Å²) in [6.07, 6.45) is -0.900. The van der Waals surface area contributed by atoms with Crippen LogP contribution in [0.15, 0.2) is 18.2 Å².